The van der Waals surface area contributed by atoms with Crippen LogP contribution in [0.5, 0.6) is 0 Å². The molecule has 1 heterocycles. The van der Waals surface area contributed by atoms with Gasteiger partial charge >= 0.3 is 5.97 Å². The van der Waals surface area contributed by atoms with Crippen LogP contribution in [0.15, 0.2) is 60.2 Å². The number of hydrogen-bond donors (Lipinski definition) is 2. The maximum absolute atomic E-state index is 14.5. The lowest BCUT2D eigenvalue weighted by atomic mass is 9.95. The molecule has 2 aromatic rings. The van der Waals surface area contributed by atoms with Gasteiger partial charge in [0, 0.05) is 24.1 Å². The fourth-order valence-corrected chi connectivity index (χ4v) is 3.28. The van der Waals surface area contributed by atoms with Crippen molar-refractivity contribution in [2.24, 2.45) is 0 Å². The fourth-order valence-electron chi connectivity index (χ4n) is 3.28. The minimum atomic E-state index is -1.13. The van der Waals surface area contributed by atoms with Crippen molar-refractivity contribution >= 4 is 23.4 Å². The number of ketones is 1. The second-order valence-corrected chi connectivity index (χ2v) is 6.38. The van der Waals surface area contributed by atoms with E-state index in [2.05, 4.69) is 0 Å². The van der Waals surface area contributed by atoms with Gasteiger partial charge in [-0.1, -0.05) is 48.5 Å². The zero-order chi connectivity index (χ0) is 20.3. The lowest BCUT2D eigenvalue weighted by Gasteiger charge is -2.25. The largest absolute Gasteiger partial charge is 0.507 e. The van der Waals surface area contributed by atoms with Gasteiger partial charge in [-0.3, -0.25) is 14.4 Å². The molecular formula is C21H18FNO5. The van der Waals surface area contributed by atoms with E-state index >= 15 is 0 Å². The number of hydrogen-bond acceptors (Lipinski definition) is 4. The van der Waals surface area contributed by atoms with Crippen LogP contribution in [0.1, 0.15) is 30.0 Å². The summed E-state index contributed by atoms with van der Waals surface area (Å²) >= 11 is 0. The Labute approximate surface area is 160 Å². The zero-order valence-electron chi connectivity index (χ0n) is 14.8. The Morgan fingerprint density at radius 3 is 2.29 bits per heavy atom. The number of carbonyl (C=O) groups excluding carboxylic acids is 2. The Morgan fingerprint density at radius 2 is 1.64 bits per heavy atom. The molecule has 0 spiro atoms. The normalized spacial score (nSPS) is 18.5. The molecule has 2 N–H and O–H groups in total. The summed E-state index contributed by atoms with van der Waals surface area (Å²) in [4.78, 5) is 37.2. The van der Waals surface area contributed by atoms with E-state index in [1.165, 1.54) is 18.2 Å². The summed E-state index contributed by atoms with van der Waals surface area (Å²) in [5.74, 6) is -3.88. The van der Waals surface area contributed by atoms with Gasteiger partial charge < -0.3 is 15.1 Å². The second kappa shape index (κ2) is 8.04. The minimum Gasteiger partial charge on any atom is -0.507 e. The molecule has 1 amide bonds. The summed E-state index contributed by atoms with van der Waals surface area (Å²) < 4.78 is 14.5. The molecule has 1 fully saturated rings. The number of benzene rings is 2. The number of aliphatic hydroxyl groups excluding tert-OH is 1. The van der Waals surface area contributed by atoms with E-state index in [0.29, 0.717) is 5.56 Å². The Kier molecular flexibility index (Phi) is 5.54. The third-order valence-electron chi connectivity index (χ3n) is 4.58. The molecule has 1 aliphatic rings. The third kappa shape index (κ3) is 3.64. The van der Waals surface area contributed by atoms with Crippen LogP contribution in [0.2, 0.25) is 0 Å². The molecule has 0 bridgehead atoms. The lowest BCUT2D eigenvalue weighted by Crippen LogP contribution is -2.31. The molecule has 1 aliphatic heterocycles. The van der Waals surface area contributed by atoms with Crippen LogP contribution in [0.25, 0.3) is 5.76 Å². The van der Waals surface area contributed by atoms with Crippen LogP contribution in [-0.4, -0.2) is 39.3 Å². The number of rotatable bonds is 6. The Balaban J connectivity index is 2.11. The summed E-state index contributed by atoms with van der Waals surface area (Å²) in [7, 11) is 0. The Bertz CT molecular complexity index is 954. The molecule has 1 unspecified atom stereocenters. The van der Waals surface area contributed by atoms with Gasteiger partial charge in [0.25, 0.3) is 11.7 Å². The van der Waals surface area contributed by atoms with Crippen molar-refractivity contribution in [3.63, 3.8) is 0 Å². The number of amides is 1. The SMILES string of the molecule is O=C(O)CCCN1C(=O)C(=O)C(=C(O)c2ccccc2)C1c1ccccc1F. The van der Waals surface area contributed by atoms with E-state index in [9.17, 15) is 23.9 Å². The van der Waals surface area contributed by atoms with Gasteiger partial charge in [0.1, 0.15) is 11.6 Å². The highest BCUT2D eigenvalue weighted by atomic mass is 19.1. The number of likely N-dealkylation sites (tertiary alicyclic amines) is 1. The highest BCUT2D eigenvalue weighted by Crippen LogP contribution is 2.40. The molecular weight excluding hydrogens is 365 g/mol. The smallest absolute Gasteiger partial charge is 0.303 e. The second-order valence-electron chi connectivity index (χ2n) is 6.38. The van der Waals surface area contributed by atoms with Gasteiger partial charge in [0.2, 0.25) is 0 Å². The molecule has 0 aliphatic carbocycles. The van der Waals surface area contributed by atoms with Crippen LogP contribution in [0.3, 0.4) is 0 Å². The van der Waals surface area contributed by atoms with Crippen molar-refractivity contribution in [2.45, 2.75) is 18.9 Å². The van der Waals surface area contributed by atoms with E-state index in [0.717, 1.165) is 4.90 Å². The quantitative estimate of drug-likeness (QED) is 0.454. The Morgan fingerprint density at radius 1 is 1.00 bits per heavy atom. The van der Waals surface area contributed by atoms with Gasteiger partial charge in [-0.25, -0.2) is 4.39 Å². The van der Waals surface area contributed by atoms with Gasteiger partial charge in [0.15, 0.2) is 0 Å². The molecule has 2 aromatic carbocycles. The first-order valence-electron chi connectivity index (χ1n) is 8.72. The number of aliphatic hydroxyl groups is 1. The van der Waals surface area contributed by atoms with Gasteiger partial charge in [-0.05, 0) is 12.5 Å². The van der Waals surface area contributed by atoms with Crippen LogP contribution in [-0.2, 0) is 14.4 Å². The number of carbonyl (C=O) groups is 3. The lowest BCUT2D eigenvalue weighted by molar-refractivity contribution is -0.140. The monoisotopic (exact) mass is 383 g/mol. The number of nitrogens with zero attached hydrogens (tertiary/aromatic N) is 1. The molecule has 28 heavy (non-hydrogen) atoms. The molecule has 144 valence electrons. The van der Waals surface area contributed by atoms with Crippen LogP contribution >= 0.6 is 0 Å². The molecule has 6 nitrogen and oxygen atoms in total. The first-order valence-corrected chi connectivity index (χ1v) is 8.72. The number of Topliss-reactive ketones (excluding diaryl/α,β-unsaturated/α-hetero) is 1. The number of carboxylic acid groups (broad SMARTS) is 1. The molecule has 0 radical (unpaired) electrons. The van der Waals surface area contributed by atoms with E-state index in [-0.39, 0.29) is 30.5 Å². The number of halogens is 1. The van der Waals surface area contributed by atoms with Gasteiger partial charge in [-0.2, -0.15) is 0 Å². The van der Waals surface area contributed by atoms with Crippen LogP contribution in [0.4, 0.5) is 4.39 Å². The van der Waals surface area contributed by atoms with Crippen LogP contribution < -0.4 is 0 Å². The highest BCUT2D eigenvalue weighted by molar-refractivity contribution is 6.46. The van der Waals surface area contributed by atoms with Crippen LogP contribution in [0, 0.1) is 5.82 Å². The van der Waals surface area contributed by atoms with Crippen molar-refractivity contribution in [3.8, 4) is 0 Å². The molecule has 7 heteroatoms. The molecule has 1 saturated heterocycles. The number of aliphatic carboxylic acids is 1. The average Bonchev–Trinajstić information content (AvgIpc) is 2.93. The average molecular weight is 383 g/mol. The predicted molar refractivity (Wildman–Crippen MR) is 98.7 cm³/mol. The minimum absolute atomic E-state index is 0.0541. The first-order chi connectivity index (χ1) is 13.4. The highest BCUT2D eigenvalue weighted by Gasteiger charge is 2.46. The summed E-state index contributed by atoms with van der Waals surface area (Å²) in [5, 5.41) is 19.6. The van der Waals surface area contributed by atoms with Crippen molar-refractivity contribution in [3.05, 3.63) is 77.1 Å². The molecule has 3 rings (SSSR count). The molecule has 1 atom stereocenters. The summed E-state index contributed by atoms with van der Waals surface area (Å²) in [6.07, 6.45) is -0.107. The van der Waals surface area contributed by atoms with Gasteiger partial charge in [-0.15, -0.1) is 0 Å². The van der Waals surface area contributed by atoms with E-state index < -0.39 is 35.3 Å². The zero-order valence-corrected chi connectivity index (χ0v) is 14.8. The standard InChI is InChI=1S/C21H18FNO5/c22-15-10-5-4-9-14(15)18-17(19(26)13-7-2-1-3-8-13)20(27)21(28)23(18)12-6-11-16(24)25/h1-5,7-10,18,26H,6,11-12H2,(H,24,25). The molecule has 0 aromatic heterocycles. The van der Waals surface area contributed by atoms with Gasteiger partial charge in [0.05, 0.1) is 11.6 Å². The maximum atomic E-state index is 14.5. The van der Waals surface area contributed by atoms with Crippen molar-refractivity contribution in [1.29, 1.82) is 0 Å². The van der Waals surface area contributed by atoms with E-state index in [1.807, 2.05) is 0 Å². The summed E-state index contributed by atoms with van der Waals surface area (Å²) in [6.45, 7) is -0.0541. The topological polar surface area (TPSA) is 94.9 Å². The summed E-state index contributed by atoms with van der Waals surface area (Å²) in [6, 6.07) is 12.8. The maximum Gasteiger partial charge on any atom is 0.303 e. The third-order valence-corrected chi connectivity index (χ3v) is 4.58. The van der Waals surface area contributed by atoms with Crippen molar-refractivity contribution < 1.29 is 29.0 Å². The first kappa shape index (κ1) is 19.3. The van der Waals surface area contributed by atoms with E-state index in [4.69, 9.17) is 5.11 Å². The van der Waals surface area contributed by atoms with Crippen molar-refractivity contribution in [1.82, 2.24) is 4.90 Å². The fraction of sp³-hybridized carbons (Fsp3) is 0.190. The summed E-state index contributed by atoms with van der Waals surface area (Å²) in [5.41, 5.74) is 0.179. The predicted octanol–water partition coefficient (Wildman–Crippen LogP) is 3.11. The number of carboxylic acids is 1. The molecule has 0 saturated carbocycles. The Hall–Kier alpha value is -3.48. The van der Waals surface area contributed by atoms with E-state index in [1.54, 1.807) is 36.4 Å². The van der Waals surface area contributed by atoms with Crippen molar-refractivity contribution in [2.75, 3.05) is 6.54 Å².